The fourth-order valence-electron chi connectivity index (χ4n) is 2.83. The molecule has 21 heavy (non-hydrogen) atoms. The second kappa shape index (κ2) is 5.55. The second-order valence-corrected chi connectivity index (χ2v) is 5.76. The van der Waals surface area contributed by atoms with Gasteiger partial charge in [-0.1, -0.05) is 42.8 Å². The largest absolute Gasteiger partial charge is 0.461 e. The third-order valence-corrected chi connectivity index (χ3v) is 3.98. The van der Waals surface area contributed by atoms with Crippen LogP contribution in [0.1, 0.15) is 35.4 Å². The van der Waals surface area contributed by atoms with E-state index < -0.39 is 0 Å². The number of nitrogens with two attached hydrogens (primary N) is 1. The maximum atomic E-state index is 6.52. The van der Waals surface area contributed by atoms with Crippen molar-refractivity contribution in [2.24, 2.45) is 5.73 Å². The molecule has 3 heteroatoms. The molecule has 1 atom stereocenters. The van der Waals surface area contributed by atoms with Crippen molar-refractivity contribution >= 4 is 22.6 Å². The van der Waals surface area contributed by atoms with Crippen LogP contribution in [0.25, 0.3) is 11.0 Å². The van der Waals surface area contributed by atoms with Crippen LogP contribution in [0.4, 0.5) is 0 Å². The topological polar surface area (TPSA) is 39.2 Å². The third-order valence-electron chi connectivity index (χ3n) is 3.77. The van der Waals surface area contributed by atoms with Crippen molar-refractivity contribution in [3.05, 3.63) is 69.9 Å². The van der Waals surface area contributed by atoms with Gasteiger partial charge in [-0.3, -0.25) is 0 Å². The van der Waals surface area contributed by atoms with Gasteiger partial charge in [0.05, 0.1) is 6.04 Å². The van der Waals surface area contributed by atoms with Gasteiger partial charge in [-0.15, -0.1) is 0 Å². The van der Waals surface area contributed by atoms with E-state index in [1.807, 2.05) is 37.3 Å². The molecule has 0 bridgehead atoms. The third kappa shape index (κ3) is 2.57. The quantitative estimate of drug-likeness (QED) is 0.738. The lowest BCUT2D eigenvalue weighted by Crippen LogP contribution is -2.13. The van der Waals surface area contributed by atoms with Crippen LogP contribution in [0.15, 0.2) is 46.9 Å². The van der Waals surface area contributed by atoms with Gasteiger partial charge in [-0.05, 0) is 36.2 Å². The molecule has 2 N–H and O–H groups in total. The van der Waals surface area contributed by atoms with Crippen LogP contribution in [0.2, 0.25) is 5.02 Å². The summed E-state index contributed by atoms with van der Waals surface area (Å²) in [5, 5.41) is 1.80. The Morgan fingerprint density at radius 1 is 1.19 bits per heavy atom. The van der Waals surface area contributed by atoms with Crippen molar-refractivity contribution in [3.8, 4) is 0 Å². The van der Waals surface area contributed by atoms with Gasteiger partial charge in [0.15, 0.2) is 0 Å². The molecule has 3 aromatic rings. The maximum Gasteiger partial charge on any atom is 0.134 e. The molecular weight excluding hydrogens is 282 g/mol. The van der Waals surface area contributed by atoms with Crippen molar-refractivity contribution in [2.45, 2.75) is 26.3 Å². The molecule has 0 amide bonds. The monoisotopic (exact) mass is 299 g/mol. The maximum absolute atomic E-state index is 6.52. The highest BCUT2D eigenvalue weighted by molar-refractivity contribution is 6.30. The molecule has 1 unspecified atom stereocenters. The summed E-state index contributed by atoms with van der Waals surface area (Å²) in [5.74, 6) is 0.946. The van der Waals surface area contributed by atoms with Gasteiger partial charge in [-0.25, -0.2) is 0 Å². The minimum Gasteiger partial charge on any atom is -0.461 e. The Morgan fingerprint density at radius 2 is 1.95 bits per heavy atom. The molecule has 0 radical (unpaired) electrons. The first-order valence-corrected chi connectivity index (χ1v) is 7.51. The molecule has 1 heterocycles. The minimum atomic E-state index is -0.235. The van der Waals surface area contributed by atoms with Gasteiger partial charge >= 0.3 is 0 Å². The lowest BCUT2D eigenvalue weighted by molar-refractivity contribution is 0.546. The molecule has 3 rings (SSSR count). The van der Waals surface area contributed by atoms with E-state index in [1.165, 1.54) is 0 Å². The normalized spacial score (nSPS) is 12.8. The average Bonchev–Trinajstić information content (AvgIpc) is 2.83. The van der Waals surface area contributed by atoms with Gasteiger partial charge in [0, 0.05) is 22.4 Å². The predicted octanol–water partition coefficient (Wildman–Crippen LogP) is 5.01. The molecule has 2 nitrogen and oxygen atoms in total. The van der Waals surface area contributed by atoms with Crippen molar-refractivity contribution in [1.29, 1.82) is 0 Å². The predicted molar refractivity (Wildman–Crippen MR) is 87.8 cm³/mol. The van der Waals surface area contributed by atoms with Crippen molar-refractivity contribution in [1.82, 2.24) is 0 Å². The Hall–Kier alpha value is -1.77. The fourth-order valence-corrected chi connectivity index (χ4v) is 3.13. The zero-order valence-electron chi connectivity index (χ0n) is 12.2. The van der Waals surface area contributed by atoms with Gasteiger partial charge in [0.1, 0.15) is 11.3 Å². The summed E-state index contributed by atoms with van der Waals surface area (Å²) < 4.78 is 5.94. The Labute approximate surface area is 129 Å². The van der Waals surface area contributed by atoms with E-state index in [0.717, 1.165) is 39.8 Å². The molecular formula is C18H18ClNO. The molecule has 0 aliphatic carbocycles. The Bertz CT molecular complexity index is 771. The van der Waals surface area contributed by atoms with Crippen LogP contribution < -0.4 is 5.73 Å². The number of fused-ring (bicyclic) bond motifs is 1. The summed E-state index contributed by atoms with van der Waals surface area (Å²) >= 11 is 6.17. The number of para-hydroxylation sites is 1. The molecule has 0 saturated heterocycles. The summed E-state index contributed by atoms with van der Waals surface area (Å²) in [6.07, 6.45) is 0.817. The van der Waals surface area contributed by atoms with Gasteiger partial charge in [0.25, 0.3) is 0 Å². The number of benzene rings is 2. The van der Waals surface area contributed by atoms with Crippen molar-refractivity contribution in [3.63, 3.8) is 0 Å². The van der Waals surface area contributed by atoms with E-state index in [4.69, 9.17) is 21.8 Å². The molecule has 0 aliphatic heterocycles. The van der Waals surface area contributed by atoms with Crippen LogP contribution in [-0.4, -0.2) is 0 Å². The van der Waals surface area contributed by atoms with Crippen LogP contribution in [-0.2, 0) is 6.42 Å². The van der Waals surface area contributed by atoms with Crippen LogP contribution in [0, 0.1) is 6.92 Å². The first kappa shape index (κ1) is 14.2. The van der Waals surface area contributed by atoms with Crippen LogP contribution in [0.3, 0.4) is 0 Å². The molecule has 0 fully saturated rings. The van der Waals surface area contributed by atoms with Crippen molar-refractivity contribution < 1.29 is 4.42 Å². The Morgan fingerprint density at radius 3 is 2.67 bits per heavy atom. The van der Waals surface area contributed by atoms with Gasteiger partial charge in [0.2, 0.25) is 0 Å². The molecule has 2 aromatic carbocycles. The van der Waals surface area contributed by atoms with E-state index in [1.54, 1.807) is 0 Å². The number of furan rings is 1. The number of rotatable bonds is 3. The number of hydrogen-bond donors (Lipinski definition) is 1. The van der Waals surface area contributed by atoms with E-state index in [9.17, 15) is 0 Å². The molecule has 0 saturated carbocycles. The summed E-state index contributed by atoms with van der Waals surface area (Å²) in [4.78, 5) is 0. The smallest absolute Gasteiger partial charge is 0.134 e. The van der Waals surface area contributed by atoms with E-state index in [2.05, 4.69) is 19.1 Å². The lowest BCUT2D eigenvalue weighted by atomic mass is 9.95. The highest BCUT2D eigenvalue weighted by atomic mass is 35.5. The Balaban J connectivity index is 2.18. The SMILES string of the molecule is CCc1oc2ccccc2c1C(N)c1cc(C)cc(Cl)c1. The summed E-state index contributed by atoms with van der Waals surface area (Å²) in [5.41, 5.74) is 10.6. The highest BCUT2D eigenvalue weighted by Gasteiger charge is 2.20. The zero-order chi connectivity index (χ0) is 15.0. The van der Waals surface area contributed by atoms with Crippen LogP contribution in [0.5, 0.6) is 0 Å². The fraction of sp³-hybridized carbons (Fsp3) is 0.222. The summed E-state index contributed by atoms with van der Waals surface area (Å²) in [6.45, 7) is 4.10. The average molecular weight is 300 g/mol. The minimum absolute atomic E-state index is 0.235. The van der Waals surface area contributed by atoms with E-state index in [-0.39, 0.29) is 6.04 Å². The van der Waals surface area contributed by atoms with E-state index >= 15 is 0 Å². The standard InChI is InChI=1S/C18H18ClNO/c1-3-15-17(14-6-4-5-7-16(14)21-15)18(20)12-8-11(2)9-13(19)10-12/h4-10,18H,3,20H2,1-2H3. The van der Waals surface area contributed by atoms with E-state index in [0.29, 0.717) is 5.02 Å². The number of hydrogen-bond acceptors (Lipinski definition) is 2. The second-order valence-electron chi connectivity index (χ2n) is 5.33. The highest BCUT2D eigenvalue weighted by Crippen LogP contribution is 2.34. The van der Waals surface area contributed by atoms with Crippen LogP contribution >= 0.6 is 11.6 Å². The molecule has 108 valence electrons. The zero-order valence-corrected chi connectivity index (χ0v) is 12.9. The number of aryl methyl sites for hydroxylation is 2. The van der Waals surface area contributed by atoms with Gasteiger partial charge < -0.3 is 10.2 Å². The molecule has 1 aromatic heterocycles. The number of halogens is 1. The summed E-state index contributed by atoms with van der Waals surface area (Å²) in [6, 6.07) is 13.7. The first-order chi connectivity index (χ1) is 10.1. The summed E-state index contributed by atoms with van der Waals surface area (Å²) in [7, 11) is 0. The molecule has 0 aliphatic rings. The van der Waals surface area contributed by atoms with Gasteiger partial charge in [-0.2, -0.15) is 0 Å². The van der Waals surface area contributed by atoms with Crippen molar-refractivity contribution in [2.75, 3.05) is 0 Å². The lowest BCUT2D eigenvalue weighted by Gasteiger charge is -2.14. The first-order valence-electron chi connectivity index (χ1n) is 7.13. The Kier molecular flexibility index (Phi) is 3.75. The molecule has 0 spiro atoms.